The molecule has 0 saturated heterocycles. The number of fused-ring (bicyclic) bond motifs is 8. The molecule has 0 atom stereocenters. The number of pyridine rings is 2. The fraction of sp³-hybridized carbons (Fsp3) is 0.151. The van der Waals surface area contributed by atoms with Crippen molar-refractivity contribution in [2.24, 2.45) is 5.92 Å². The molecule has 0 aliphatic carbocycles. The average Bonchev–Trinajstić information content (AvgIpc) is 3.93. The smallest absolute Gasteiger partial charge is 0.216 e. The predicted octanol–water partition coefficient (Wildman–Crippen LogP) is 13.4. The van der Waals surface area contributed by atoms with E-state index in [0.717, 1.165) is 89.8 Å². The topological polar surface area (TPSA) is 69.9 Å². The number of para-hydroxylation sites is 3. The predicted molar refractivity (Wildman–Crippen MR) is 250 cm³/mol. The first-order valence-corrected chi connectivity index (χ1v) is 24.1. The number of nitrogens with zero attached hydrogens (tertiary/aromatic N) is 4. The van der Waals surface area contributed by atoms with E-state index in [1.807, 2.05) is 67.6 Å². The van der Waals surface area contributed by atoms with Crippen molar-refractivity contribution in [2.75, 3.05) is 0 Å². The molecule has 6 aromatic carbocycles. The summed E-state index contributed by atoms with van der Waals surface area (Å²) in [5, 5.41) is 8.10. The van der Waals surface area contributed by atoms with Gasteiger partial charge >= 0.3 is 0 Å². The maximum absolute atomic E-state index is 6.45. The van der Waals surface area contributed by atoms with Crippen LogP contribution in [0.3, 0.4) is 0 Å². The van der Waals surface area contributed by atoms with Gasteiger partial charge in [0.05, 0.1) is 36.1 Å². The van der Waals surface area contributed by atoms with E-state index >= 15 is 0 Å². The Labute approximate surface area is 369 Å². The first-order valence-electron chi connectivity index (χ1n) is 20.6. The zero-order chi connectivity index (χ0) is 41.1. The van der Waals surface area contributed by atoms with E-state index in [4.69, 9.17) is 18.8 Å². The monoisotopic (exact) mass is 989 g/mol. The fourth-order valence-electron chi connectivity index (χ4n) is 8.45. The Morgan fingerprint density at radius 1 is 0.672 bits per heavy atom. The Bertz CT molecular complexity index is 3400. The number of hydrogen-bond donors (Lipinski definition) is 0. The molecule has 0 aliphatic rings. The van der Waals surface area contributed by atoms with Crippen LogP contribution in [0.25, 0.3) is 94.1 Å². The molecule has 11 aromatic rings. The number of aryl methyl sites for hydroxylation is 1. The van der Waals surface area contributed by atoms with E-state index in [0.29, 0.717) is 11.6 Å². The molecule has 5 heterocycles. The maximum Gasteiger partial charge on any atom is 0.216 e. The molecule has 1 radical (unpaired) electrons. The molecule has 8 heteroatoms. The summed E-state index contributed by atoms with van der Waals surface area (Å²) in [6.45, 7) is 13.7. The van der Waals surface area contributed by atoms with Gasteiger partial charge in [0.1, 0.15) is 5.58 Å². The van der Waals surface area contributed by atoms with Crippen molar-refractivity contribution in [3.05, 3.63) is 163 Å². The van der Waals surface area contributed by atoms with Crippen molar-refractivity contribution < 1.29 is 28.9 Å². The third-order valence-corrected chi connectivity index (χ3v) is 13.3. The van der Waals surface area contributed by atoms with Crippen LogP contribution in [0.5, 0.6) is 0 Å². The van der Waals surface area contributed by atoms with Crippen LogP contribution in [0.15, 0.2) is 148 Å². The Kier molecular flexibility index (Phi) is 10.6. The number of furan rings is 2. The van der Waals surface area contributed by atoms with Crippen LogP contribution in [-0.2, 0) is 26.5 Å². The van der Waals surface area contributed by atoms with E-state index in [1.54, 1.807) is 0 Å². The van der Waals surface area contributed by atoms with Crippen LogP contribution in [0.2, 0.25) is 19.6 Å². The van der Waals surface area contributed by atoms with Crippen LogP contribution in [0.1, 0.15) is 25.1 Å². The third kappa shape index (κ3) is 7.39. The maximum atomic E-state index is 6.45. The second-order valence-corrected chi connectivity index (χ2v) is 22.1. The Hall–Kier alpha value is -6.18. The van der Waals surface area contributed by atoms with Crippen LogP contribution in [-0.4, -0.2) is 27.6 Å². The molecule has 11 rings (SSSR count). The van der Waals surface area contributed by atoms with Gasteiger partial charge in [0.2, 0.25) is 5.71 Å². The quantitative estimate of drug-likeness (QED) is 0.123. The Morgan fingerprint density at radius 3 is 2.10 bits per heavy atom. The van der Waals surface area contributed by atoms with Crippen LogP contribution in [0.4, 0.5) is 0 Å². The molecule has 303 valence electrons. The zero-order valence-corrected chi connectivity index (χ0v) is 38.4. The zero-order valence-electron chi connectivity index (χ0n) is 35.0. The van der Waals surface area contributed by atoms with Crippen LogP contribution in [0, 0.1) is 25.0 Å². The molecule has 0 saturated carbocycles. The molecule has 61 heavy (non-hydrogen) atoms. The van der Waals surface area contributed by atoms with Gasteiger partial charge in [-0.15, -0.1) is 36.4 Å². The molecule has 0 spiro atoms. The van der Waals surface area contributed by atoms with Crippen molar-refractivity contribution in [1.29, 1.82) is 0 Å². The van der Waals surface area contributed by atoms with Gasteiger partial charge in [0.15, 0.2) is 0 Å². The molecule has 6 nitrogen and oxygen atoms in total. The Morgan fingerprint density at radius 2 is 1.34 bits per heavy atom. The summed E-state index contributed by atoms with van der Waals surface area (Å²) in [6.07, 6.45) is 3.16. The second-order valence-electron chi connectivity index (χ2n) is 17.1. The number of hydrogen-bond acceptors (Lipinski definition) is 5. The Balaban J connectivity index is 0.000000155. The van der Waals surface area contributed by atoms with Crippen molar-refractivity contribution >= 4 is 79.1 Å². The van der Waals surface area contributed by atoms with Gasteiger partial charge in [-0.1, -0.05) is 122 Å². The number of imidazole rings is 1. The van der Waals surface area contributed by atoms with Crippen molar-refractivity contribution in [3.63, 3.8) is 0 Å². The normalized spacial score (nSPS) is 11.9. The summed E-state index contributed by atoms with van der Waals surface area (Å²) in [5.41, 5.74) is 11.3. The summed E-state index contributed by atoms with van der Waals surface area (Å²) in [4.78, 5) is 14.4. The van der Waals surface area contributed by atoms with Crippen molar-refractivity contribution in [2.45, 2.75) is 46.8 Å². The molecule has 0 bridgehead atoms. The van der Waals surface area contributed by atoms with Gasteiger partial charge in [-0.2, -0.15) is 0 Å². The average molecular weight is 989 g/mol. The van der Waals surface area contributed by atoms with E-state index in [2.05, 4.69) is 134 Å². The van der Waals surface area contributed by atoms with E-state index in [9.17, 15) is 0 Å². The van der Waals surface area contributed by atoms with Crippen molar-refractivity contribution in [3.8, 4) is 28.3 Å². The van der Waals surface area contributed by atoms with Gasteiger partial charge in [-0.25, -0.2) is 4.98 Å². The van der Waals surface area contributed by atoms with Crippen molar-refractivity contribution in [1.82, 2.24) is 19.5 Å². The molecule has 0 unspecified atom stereocenters. The minimum atomic E-state index is -1.46. The molecule has 0 fully saturated rings. The number of benzene rings is 6. The summed E-state index contributed by atoms with van der Waals surface area (Å²) in [6, 6.07) is 52.4. The van der Waals surface area contributed by atoms with Gasteiger partial charge < -0.3 is 18.4 Å². The number of aromatic nitrogens is 4. The molecule has 0 amide bonds. The van der Waals surface area contributed by atoms with Gasteiger partial charge in [-0.05, 0) is 89.4 Å². The minimum Gasteiger partial charge on any atom is -0.501 e. The van der Waals surface area contributed by atoms with E-state index < -0.39 is 8.07 Å². The summed E-state index contributed by atoms with van der Waals surface area (Å²) in [5.74, 6) is 1.43. The standard InChI is InChI=1S/C29H17N2O.C24H27N2OSi.Ir/c1-2-11-21(12-3-1)31-26-16-7-6-15-25(26)30-29(31)23-14-8-13-22-24-17-19-9-4-5-10-20(19)18-27(24)32-28(22)23;1-15(2)12-17-13-21(25-14-22(17)28(4,5)6)20-9-7-8-18-19-11-10-16(3)26-24(19)27-23(18)20;/h1-13,15-18H;7-8,10-11,13-15H,12H2,1-6H3;/q2*-1;. The summed E-state index contributed by atoms with van der Waals surface area (Å²) < 4.78 is 14.8. The first kappa shape index (κ1) is 40.2. The summed E-state index contributed by atoms with van der Waals surface area (Å²) in [7, 11) is -1.46. The molecular formula is C53H44IrN4O2Si-2. The van der Waals surface area contributed by atoms with Gasteiger partial charge in [0, 0.05) is 48.5 Å². The molecular weight excluding hydrogens is 945 g/mol. The third-order valence-electron chi connectivity index (χ3n) is 11.2. The molecule has 0 aliphatic heterocycles. The van der Waals surface area contributed by atoms with E-state index in [1.165, 1.54) is 21.5 Å². The fourth-order valence-corrected chi connectivity index (χ4v) is 10.0. The van der Waals surface area contributed by atoms with E-state index in [-0.39, 0.29) is 20.1 Å². The molecule has 5 aromatic heterocycles. The second kappa shape index (κ2) is 16.0. The first-order chi connectivity index (χ1) is 29.1. The SMILES string of the molecule is Cc1ccc2c(n1)oc1c(-c3cc(CC(C)C)c([Si](C)(C)C)cn3)[c-]ccc12.[Ir].[c-]1ccc2c(oc3cc4ccccc4cc32)c1-c1nc2ccccc2n1-c1ccccc1. The minimum absolute atomic E-state index is 0. The van der Waals surface area contributed by atoms with Gasteiger partial charge in [-0.3, -0.25) is 4.98 Å². The van der Waals surface area contributed by atoms with Gasteiger partial charge in [0.25, 0.3) is 0 Å². The molecule has 0 N–H and O–H groups in total. The number of rotatable bonds is 6. The van der Waals surface area contributed by atoms with Crippen LogP contribution >= 0.6 is 0 Å². The van der Waals surface area contributed by atoms with Crippen LogP contribution < -0.4 is 5.19 Å². The largest absolute Gasteiger partial charge is 0.501 e. The summed E-state index contributed by atoms with van der Waals surface area (Å²) >= 11 is 0.